The quantitative estimate of drug-likeness (QED) is 0.705. The maximum Gasteiger partial charge on any atom is 0.258 e. The molecule has 0 aliphatic heterocycles. The molecular formula is C20H24N6O2. The van der Waals surface area contributed by atoms with Crippen LogP contribution in [0.25, 0.3) is 17.1 Å². The predicted octanol–water partition coefficient (Wildman–Crippen LogP) is 3.24. The van der Waals surface area contributed by atoms with E-state index in [1.165, 1.54) is 32.1 Å². The van der Waals surface area contributed by atoms with Gasteiger partial charge in [-0.15, -0.1) is 10.2 Å². The Balaban J connectivity index is 1.24. The van der Waals surface area contributed by atoms with Crippen molar-refractivity contribution in [2.75, 3.05) is 0 Å². The van der Waals surface area contributed by atoms with Crippen LogP contribution in [0.2, 0.25) is 0 Å². The van der Waals surface area contributed by atoms with Gasteiger partial charge in [0, 0.05) is 24.1 Å². The zero-order valence-corrected chi connectivity index (χ0v) is 15.8. The first-order valence-corrected chi connectivity index (χ1v) is 10.2. The molecule has 1 amide bonds. The third-order valence-electron chi connectivity index (χ3n) is 5.75. The number of rotatable bonds is 6. The van der Waals surface area contributed by atoms with E-state index in [2.05, 4.69) is 25.7 Å². The molecule has 8 nitrogen and oxygen atoms in total. The van der Waals surface area contributed by atoms with Gasteiger partial charge < -0.3 is 9.84 Å². The van der Waals surface area contributed by atoms with Gasteiger partial charge in [0.25, 0.3) is 5.89 Å². The average Bonchev–Trinajstić information content (AvgIpc) is 3.31. The fraction of sp³-hybridized carbons (Fsp3) is 0.550. The Morgan fingerprint density at radius 3 is 2.86 bits per heavy atom. The van der Waals surface area contributed by atoms with Crippen LogP contribution < -0.4 is 5.32 Å². The largest absolute Gasteiger partial charge is 0.349 e. The van der Waals surface area contributed by atoms with Crippen LogP contribution in [0.1, 0.15) is 68.9 Å². The number of pyridine rings is 1. The molecule has 5 rings (SSSR count). The van der Waals surface area contributed by atoms with Crippen molar-refractivity contribution in [1.82, 2.24) is 30.1 Å². The molecule has 2 aliphatic rings. The van der Waals surface area contributed by atoms with Crippen molar-refractivity contribution in [1.29, 1.82) is 0 Å². The molecule has 2 saturated carbocycles. The van der Waals surface area contributed by atoms with E-state index in [4.69, 9.17) is 4.52 Å². The lowest BCUT2D eigenvalue weighted by atomic mass is 9.87. The van der Waals surface area contributed by atoms with Crippen LogP contribution in [0.4, 0.5) is 0 Å². The number of hydrogen-bond donors (Lipinski definition) is 1. The van der Waals surface area contributed by atoms with Crippen molar-refractivity contribution in [2.24, 2.45) is 5.92 Å². The zero-order chi connectivity index (χ0) is 18.9. The lowest BCUT2D eigenvalue weighted by Crippen LogP contribution is -2.26. The van der Waals surface area contributed by atoms with Crippen LogP contribution in [0.3, 0.4) is 0 Å². The molecule has 0 unspecified atom stereocenters. The van der Waals surface area contributed by atoms with Gasteiger partial charge in [-0.2, -0.15) is 4.98 Å². The summed E-state index contributed by atoms with van der Waals surface area (Å²) in [6, 6.07) is 3.79. The van der Waals surface area contributed by atoms with Crippen molar-refractivity contribution in [3.05, 3.63) is 30.0 Å². The van der Waals surface area contributed by atoms with Gasteiger partial charge in [-0.3, -0.25) is 9.20 Å². The third kappa shape index (κ3) is 3.63. The van der Waals surface area contributed by atoms with E-state index in [0.29, 0.717) is 42.2 Å². The smallest absolute Gasteiger partial charge is 0.258 e. The highest BCUT2D eigenvalue weighted by molar-refractivity contribution is 5.76. The molecule has 3 aromatic rings. The van der Waals surface area contributed by atoms with E-state index in [0.717, 1.165) is 24.2 Å². The van der Waals surface area contributed by atoms with Crippen LogP contribution in [-0.4, -0.2) is 30.6 Å². The van der Waals surface area contributed by atoms with E-state index >= 15 is 0 Å². The summed E-state index contributed by atoms with van der Waals surface area (Å²) in [5.41, 5.74) is 1.52. The second-order valence-corrected chi connectivity index (χ2v) is 7.98. The van der Waals surface area contributed by atoms with Crippen LogP contribution >= 0.6 is 0 Å². The van der Waals surface area contributed by atoms with Crippen LogP contribution in [0, 0.1) is 5.92 Å². The van der Waals surface area contributed by atoms with Crippen molar-refractivity contribution >= 4 is 11.6 Å². The molecule has 8 heteroatoms. The molecule has 28 heavy (non-hydrogen) atoms. The van der Waals surface area contributed by atoms with Crippen LogP contribution in [0.5, 0.6) is 0 Å². The highest BCUT2D eigenvalue weighted by atomic mass is 16.5. The minimum atomic E-state index is 0.0961. The van der Waals surface area contributed by atoms with Crippen molar-refractivity contribution in [3.63, 3.8) is 0 Å². The Kier molecular flexibility index (Phi) is 4.54. The number of amides is 1. The maximum atomic E-state index is 12.2. The van der Waals surface area contributed by atoms with E-state index in [1.54, 1.807) is 0 Å². The lowest BCUT2D eigenvalue weighted by Gasteiger charge is -2.20. The monoisotopic (exact) mass is 380 g/mol. The van der Waals surface area contributed by atoms with Crippen molar-refractivity contribution in [3.8, 4) is 11.5 Å². The summed E-state index contributed by atoms with van der Waals surface area (Å²) in [6.07, 6.45) is 10.9. The summed E-state index contributed by atoms with van der Waals surface area (Å²) in [5.74, 6) is 3.09. The van der Waals surface area contributed by atoms with Gasteiger partial charge in [0.15, 0.2) is 17.3 Å². The summed E-state index contributed by atoms with van der Waals surface area (Å²) in [4.78, 5) is 16.7. The number of fused-ring (bicyclic) bond motifs is 1. The molecular weight excluding hydrogens is 356 g/mol. The summed E-state index contributed by atoms with van der Waals surface area (Å²) in [5, 5.41) is 15.5. The van der Waals surface area contributed by atoms with E-state index in [9.17, 15) is 4.79 Å². The first-order valence-electron chi connectivity index (χ1n) is 10.2. The molecule has 0 bridgehead atoms. The SMILES string of the molecule is O=C(CC1CCCCC1)NCc1nnc2cc(-c3nc(C4CC4)no3)ccn12. The Labute approximate surface area is 162 Å². The number of nitrogens with zero attached hydrogens (tertiary/aromatic N) is 5. The molecule has 0 atom stereocenters. The molecule has 0 radical (unpaired) electrons. The van der Waals surface area contributed by atoms with Gasteiger partial charge in [-0.25, -0.2) is 0 Å². The van der Waals surface area contributed by atoms with Crippen molar-refractivity contribution in [2.45, 2.75) is 63.8 Å². The first-order chi connectivity index (χ1) is 13.8. The Morgan fingerprint density at radius 2 is 2.04 bits per heavy atom. The fourth-order valence-corrected chi connectivity index (χ4v) is 3.96. The number of aromatic nitrogens is 5. The Hall–Kier alpha value is -2.77. The lowest BCUT2D eigenvalue weighted by molar-refractivity contribution is -0.122. The molecule has 146 valence electrons. The zero-order valence-electron chi connectivity index (χ0n) is 15.8. The molecule has 3 heterocycles. The second-order valence-electron chi connectivity index (χ2n) is 7.98. The van der Waals surface area contributed by atoms with Crippen molar-refractivity contribution < 1.29 is 9.32 Å². The van der Waals surface area contributed by atoms with E-state index in [-0.39, 0.29) is 5.91 Å². The van der Waals surface area contributed by atoms with Crippen LogP contribution in [-0.2, 0) is 11.3 Å². The second kappa shape index (κ2) is 7.33. The van der Waals surface area contributed by atoms with Gasteiger partial charge >= 0.3 is 0 Å². The Bertz CT molecular complexity index is 984. The summed E-state index contributed by atoms with van der Waals surface area (Å²) in [7, 11) is 0. The van der Waals surface area contributed by atoms with E-state index in [1.807, 2.05) is 22.7 Å². The third-order valence-corrected chi connectivity index (χ3v) is 5.75. The maximum absolute atomic E-state index is 12.2. The number of nitrogens with one attached hydrogen (secondary N) is 1. The van der Waals surface area contributed by atoms with Gasteiger partial charge in [0.05, 0.1) is 6.54 Å². The highest BCUT2D eigenvalue weighted by Gasteiger charge is 2.29. The average molecular weight is 380 g/mol. The van der Waals surface area contributed by atoms with Gasteiger partial charge in [-0.05, 0) is 43.7 Å². The Morgan fingerprint density at radius 1 is 1.18 bits per heavy atom. The molecule has 2 aliphatic carbocycles. The standard InChI is InChI=1S/C20H24N6O2/c27-18(10-13-4-2-1-3-5-13)21-12-17-24-23-16-11-15(8-9-26(16)17)20-22-19(25-28-20)14-6-7-14/h8-9,11,13-14H,1-7,10,12H2,(H,21,27). The minimum absolute atomic E-state index is 0.0961. The number of hydrogen-bond acceptors (Lipinski definition) is 6. The predicted molar refractivity (Wildman–Crippen MR) is 101 cm³/mol. The highest BCUT2D eigenvalue weighted by Crippen LogP contribution is 2.38. The van der Waals surface area contributed by atoms with Gasteiger partial charge in [0.1, 0.15) is 0 Å². The number of carbonyl (C=O) groups is 1. The van der Waals surface area contributed by atoms with Crippen LogP contribution in [0.15, 0.2) is 22.9 Å². The van der Waals surface area contributed by atoms with E-state index < -0.39 is 0 Å². The normalized spacial score (nSPS) is 17.9. The number of carbonyl (C=O) groups excluding carboxylic acids is 1. The molecule has 0 aromatic carbocycles. The first kappa shape index (κ1) is 17.3. The van der Waals surface area contributed by atoms with Gasteiger partial charge in [-0.1, -0.05) is 24.4 Å². The summed E-state index contributed by atoms with van der Waals surface area (Å²) < 4.78 is 7.26. The minimum Gasteiger partial charge on any atom is -0.349 e. The fourth-order valence-electron chi connectivity index (χ4n) is 3.96. The topological polar surface area (TPSA) is 98.2 Å². The summed E-state index contributed by atoms with van der Waals surface area (Å²) in [6.45, 7) is 0.373. The van der Waals surface area contributed by atoms with Gasteiger partial charge in [0.2, 0.25) is 5.91 Å². The molecule has 0 spiro atoms. The summed E-state index contributed by atoms with van der Waals surface area (Å²) >= 11 is 0. The molecule has 2 fully saturated rings. The molecule has 3 aromatic heterocycles. The molecule has 1 N–H and O–H groups in total. The molecule has 0 saturated heterocycles.